The van der Waals surface area contributed by atoms with E-state index >= 15 is 0 Å². The van der Waals surface area contributed by atoms with Crippen LogP contribution in [0.5, 0.6) is 0 Å². The van der Waals surface area contributed by atoms with Gasteiger partial charge >= 0.3 is 0 Å². The summed E-state index contributed by atoms with van der Waals surface area (Å²) in [5.41, 5.74) is 0. The van der Waals surface area contributed by atoms with Gasteiger partial charge in [0.25, 0.3) is 0 Å². The molecule has 0 unspecified atom stereocenters. The summed E-state index contributed by atoms with van der Waals surface area (Å²) in [6, 6.07) is 0. The minimum Gasteiger partial charge on any atom is -0.0639 e. The van der Waals surface area contributed by atoms with Gasteiger partial charge in [-0.3, -0.25) is 0 Å². The van der Waals surface area contributed by atoms with Gasteiger partial charge in [-0.05, 0) is 25.2 Å². The molecule has 0 nitrogen and oxygen atoms in total. The molecule has 0 aliphatic heterocycles. The molecule has 151 valence electrons. The monoisotopic (exact) mass is 2030 g/mol. The van der Waals surface area contributed by atoms with Crippen LogP contribution in [-0.4, -0.2) is 2.59 Å². The first-order chi connectivity index (χ1) is 10.5. The second-order valence-corrected chi connectivity index (χ2v) is 55.3. The van der Waals surface area contributed by atoms with E-state index in [9.17, 15) is 0 Å². The Labute approximate surface area is 355 Å². The molecule has 0 N–H and O–H groups in total. The summed E-state index contributed by atoms with van der Waals surface area (Å²) in [6.07, 6.45) is 3.43. The highest BCUT2D eigenvalue weighted by atomic mass is 127. The van der Waals surface area contributed by atoms with Crippen molar-refractivity contribution in [3.8, 4) is 0 Å². The lowest BCUT2D eigenvalue weighted by Crippen LogP contribution is -2.38. The SMILES string of the molecule is IC(I)(I)C(I)(I)C[C](CC(I)(I)C(I)(I)I)CC(I)(I)C(I)(I)I. The maximum absolute atomic E-state index is 2.66. The van der Waals surface area contributed by atoms with Crippen LogP contribution in [-0.2, 0) is 0 Å². The smallest absolute Gasteiger partial charge is 0.0639 e. The fourth-order valence-electron chi connectivity index (χ4n) is 1.43. The quantitative estimate of drug-likeness (QED) is 0.159. The van der Waals surface area contributed by atoms with Crippen LogP contribution in [0.2, 0.25) is 0 Å². The average molecular weight is 2030 g/mol. The lowest BCUT2D eigenvalue weighted by Gasteiger charge is -2.41. The van der Waals surface area contributed by atoms with Crippen LogP contribution in [0.1, 0.15) is 19.3 Å². The van der Waals surface area contributed by atoms with Crippen molar-refractivity contribution in [2.45, 2.75) is 21.9 Å². The van der Waals surface area contributed by atoms with Crippen LogP contribution in [0.15, 0.2) is 0 Å². The molecule has 0 aliphatic carbocycles. The van der Waals surface area contributed by atoms with E-state index in [0.717, 1.165) is 19.3 Å². The average Bonchev–Trinajstić information content (AvgIpc) is 2.21. The van der Waals surface area contributed by atoms with Crippen LogP contribution in [0.4, 0.5) is 0 Å². The fourth-order valence-corrected chi connectivity index (χ4v) is 6.38. The summed E-state index contributed by atoms with van der Waals surface area (Å²) >= 11 is 39.3. The van der Waals surface area contributed by atoms with Gasteiger partial charge in [0.15, 0.2) is 0 Å². The van der Waals surface area contributed by atoms with Gasteiger partial charge in [-0.2, -0.15) is 0 Å². The zero-order valence-electron chi connectivity index (χ0n) is 11.3. The van der Waals surface area contributed by atoms with E-state index < -0.39 is 0 Å². The van der Waals surface area contributed by atoms with Gasteiger partial charge in [-0.25, -0.2) is 0 Å². The van der Waals surface area contributed by atoms with Gasteiger partial charge in [0.05, 0.1) is 0 Å². The first-order valence-corrected chi connectivity index (χ1v) is 21.9. The molecule has 0 fully saturated rings. The Bertz CT molecular complexity index is 370. The third-order valence-corrected chi connectivity index (χ3v) is 36.7. The normalized spacial score (nSPS) is 15.8. The number of rotatable bonds is 9. The van der Waals surface area contributed by atoms with E-state index in [4.69, 9.17) is 0 Å². The van der Waals surface area contributed by atoms with Crippen LogP contribution in [0.25, 0.3) is 0 Å². The topological polar surface area (TPSA) is 0 Å². The maximum Gasteiger partial charge on any atom is 0.147 e. The molecule has 0 aliphatic rings. The molecule has 1 radical (unpaired) electrons. The van der Waals surface area contributed by atoms with Crippen molar-refractivity contribution in [2.75, 3.05) is 0 Å². The third-order valence-electron chi connectivity index (χ3n) is 2.66. The van der Waals surface area contributed by atoms with E-state index in [0.29, 0.717) is 0 Å². The zero-order valence-corrected chi connectivity index (χ0v) is 43.7. The van der Waals surface area contributed by atoms with E-state index in [1.807, 2.05) is 0 Å². The predicted octanol–water partition coefficient (Wildman–Crippen LogP) is 13.3. The molecule has 0 spiro atoms. The molecular weight excluding hydrogens is 2020 g/mol. The summed E-state index contributed by atoms with van der Waals surface area (Å²) in [5, 5.41) is 0. The summed E-state index contributed by atoms with van der Waals surface area (Å²) in [5.74, 6) is 1.68. The molecule has 25 heavy (non-hydrogen) atoms. The molecule has 0 aromatic carbocycles. The van der Waals surface area contributed by atoms with E-state index in [2.05, 4.69) is 339 Å². The van der Waals surface area contributed by atoms with Gasteiger partial charge < -0.3 is 0 Å². The molecule has 0 rings (SSSR count). The van der Waals surface area contributed by atoms with Crippen LogP contribution in [0, 0.1) is 5.92 Å². The minimum atomic E-state index is 0.178. The van der Waals surface area contributed by atoms with Crippen molar-refractivity contribution < 1.29 is 0 Å². The van der Waals surface area contributed by atoms with E-state index in [1.165, 1.54) is 0 Å². The summed E-state index contributed by atoms with van der Waals surface area (Å²) < 4.78 is 1.08. The Morgan fingerprint density at radius 3 is 0.640 bits per heavy atom. The second kappa shape index (κ2) is 14.4. The first-order valence-electron chi connectivity index (χ1n) is 5.71. The van der Waals surface area contributed by atoms with Crippen LogP contribution >= 0.6 is 339 Å². The van der Waals surface area contributed by atoms with Gasteiger partial charge in [0.1, 0.15) is 2.59 Å². The van der Waals surface area contributed by atoms with Crippen molar-refractivity contribution in [3.05, 3.63) is 5.92 Å². The number of hydrogen-bond acceptors (Lipinski definition) is 0. The molecule has 0 bridgehead atoms. The molecule has 0 atom stereocenters. The summed E-state index contributed by atoms with van der Waals surface area (Å²) in [6.45, 7) is 0. The Morgan fingerprint density at radius 1 is 0.360 bits per heavy atom. The van der Waals surface area contributed by atoms with Crippen molar-refractivity contribution in [1.82, 2.24) is 0 Å². The standard InChI is InChI=1S/C10H6I15/c11-5(12,8(17,18)19)1-4(2-6(13,14)9(20,21)22)3-7(15,16)10(23,24)25/h1-3H2. The molecule has 0 saturated heterocycles. The highest BCUT2D eigenvalue weighted by molar-refractivity contribution is 14.3. The Hall–Kier alpha value is 11.0. The molecule has 0 saturated carbocycles. The molecule has 15 heteroatoms. The molecule has 0 aromatic rings. The second-order valence-electron chi connectivity index (χ2n) is 4.89. The number of alkyl halides is 15. The lowest BCUT2D eigenvalue weighted by molar-refractivity contribution is 0.641. The Balaban J connectivity index is 5.70. The summed E-state index contributed by atoms with van der Waals surface area (Å²) in [7, 11) is 0. The third kappa shape index (κ3) is 13.5. The van der Waals surface area contributed by atoms with Crippen molar-refractivity contribution in [3.63, 3.8) is 0 Å². The van der Waals surface area contributed by atoms with Crippen molar-refractivity contribution in [1.29, 1.82) is 0 Å². The van der Waals surface area contributed by atoms with Gasteiger partial charge in [0, 0.05) is 0 Å². The molecule has 0 aromatic heterocycles. The number of halogens is 15. The zero-order chi connectivity index (χ0) is 20.7. The molecule has 0 amide bonds. The highest BCUT2D eigenvalue weighted by Crippen LogP contribution is 2.64. The van der Waals surface area contributed by atoms with Gasteiger partial charge in [-0.1, -0.05) is 339 Å². The van der Waals surface area contributed by atoms with E-state index in [1.54, 1.807) is 5.92 Å². The predicted molar refractivity (Wildman–Crippen MR) is 244 cm³/mol. The Morgan fingerprint density at radius 2 is 0.520 bits per heavy atom. The summed E-state index contributed by atoms with van der Waals surface area (Å²) in [4.78, 5) is 0. The number of hydrogen-bond donors (Lipinski definition) is 0. The van der Waals surface area contributed by atoms with Crippen molar-refractivity contribution >= 4 is 339 Å². The Kier molecular flexibility index (Phi) is 20.7. The maximum atomic E-state index is 2.66. The van der Waals surface area contributed by atoms with Crippen LogP contribution < -0.4 is 0 Å². The highest BCUT2D eigenvalue weighted by Gasteiger charge is 2.51. The minimum absolute atomic E-state index is 0.178. The van der Waals surface area contributed by atoms with Gasteiger partial charge in [-0.15, -0.1) is 0 Å². The van der Waals surface area contributed by atoms with Crippen LogP contribution in [0.3, 0.4) is 0 Å². The largest absolute Gasteiger partial charge is 0.147 e. The first kappa shape index (κ1) is 35.9. The molecule has 0 heterocycles. The van der Waals surface area contributed by atoms with E-state index in [-0.39, 0.29) is 2.59 Å². The fraction of sp³-hybridized carbons (Fsp3) is 0.900. The van der Waals surface area contributed by atoms with Gasteiger partial charge in [0.2, 0.25) is 0 Å². The molecular formula is C10H6I15. The lowest BCUT2D eigenvalue weighted by atomic mass is 9.93. The van der Waals surface area contributed by atoms with Crippen molar-refractivity contribution in [2.24, 2.45) is 0 Å².